The molecule has 5 heteroatoms. The lowest BCUT2D eigenvalue weighted by atomic mass is 10.1. The van der Waals surface area contributed by atoms with Crippen molar-refractivity contribution in [3.05, 3.63) is 66.5 Å². The van der Waals surface area contributed by atoms with Gasteiger partial charge in [0, 0.05) is 45.1 Å². The van der Waals surface area contributed by atoms with Gasteiger partial charge in [0.1, 0.15) is 6.04 Å². The molecule has 1 aliphatic rings. The van der Waals surface area contributed by atoms with Gasteiger partial charge in [0.15, 0.2) is 0 Å². The Hall–Kier alpha value is -1.98. The first kappa shape index (κ1) is 19.8. The van der Waals surface area contributed by atoms with E-state index in [1.54, 1.807) is 11.8 Å². The number of hydrogen-bond acceptors (Lipinski definition) is 3. The number of carbonyl (C=O) groups excluding carboxylic acids is 1. The number of rotatable bonds is 8. The van der Waals surface area contributed by atoms with Gasteiger partial charge in [-0.15, -0.1) is 0 Å². The Morgan fingerprint density at radius 2 is 1.78 bits per heavy atom. The van der Waals surface area contributed by atoms with E-state index in [9.17, 15) is 4.79 Å². The third-order valence-corrected chi connectivity index (χ3v) is 5.67. The van der Waals surface area contributed by atoms with Crippen LogP contribution in [0.4, 0.5) is 0 Å². The van der Waals surface area contributed by atoms with Crippen molar-refractivity contribution >= 4 is 23.7 Å². The van der Waals surface area contributed by atoms with E-state index in [0.29, 0.717) is 0 Å². The van der Waals surface area contributed by atoms with Crippen LogP contribution in [0, 0.1) is 0 Å². The van der Waals surface area contributed by atoms with Gasteiger partial charge >= 0.3 is 0 Å². The Balaban J connectivity index is 1.50. The fourth-order valence-electron chi connectivity index (χ4n) is 3.45. The van der Waals surface area contributed by atoms with Crippen LogP contribution in [-0.4, -0.2) is 65.0 Å². The van der Waals surface area contributed by atoms with Crippen LogP contribution in [-0.2, 0) is 4.79 Å². The second-order valence-electron chi connectivity index (χ2n) is 6.87. The minimum absolute atomic E-state index is 0.0722. The number of carbonyl (C=O) groups is 1. The molecule has 1 aromatic carbocycles. The van der Waals surface area contributed by atoms with Gasteiger partial charge in [-0.3, -0.25) is 9.69 Å². The predicted molar refractivity (Wildman–Crippen MR) is 115 cm³/mol. The van der Waals surface area contributed by atoms with Crippen molar-refractivity contribution in [2.24, 2.45) is 0 Å². The Kier molecular flexibility index (Phi) is 7.60. The quantitative estimate of drug-likeness (QED) is 0.697. The lowest BCUT2D eigenvalue weighted by Gasteiger charge is -2.36. The number of aromatic nitrogens is 1. The van der Waals surface area contributed by atoms with Crippen molar-refractivity contribution in [2.45, 2.75) is 12.5 Å². The normalized spacial score (nSPS) is 16.7. The molecule has 1 fully saturated rings. The molecule has 2 heterocycles. The summed E-state index contributed by atoms with van der Waals surface area (Å²) in [6.45, 7) is 4.44. The molecule has 1 aliphatic heterocycles. The molecule has 0 N–H and O–H groups in total. The summed E-state index contributed by atoms with van der Waals surface area (Å²) in [5, 5.41) is 0. The molecule has 0 unspecified atom stereocenters. The van der Waals surface area contributed by atoms with Gasteiger partial charge in [0.05, 0.1) is 0 Å². The molecule has 0 spiro atoms. The molecule has 0 bridgehead atoms. The van der Waals surface area contributed by atoms with E-state index in [1.165, 1.54) is 5.56 Å². The first-order valence-corrected chi connectivity index (χ1v) is 11.0. The minimum Gasteiger partial charge on any atom is -0.342 e. The van der Waals surface area contributed by atoms with Gasteiger partial charge in [0.25, 0.3) is 0 Å². The van der Waals surface area contributed by atoms with Crippen LogP contribution in [0.3, 0.4) is 0 Å². The van der Waals surface area contributed by atoms with E-state index in [-0.39, 0.29) is 11.9 Å². The number of thioether (sulfide) groups is 1. The highest BCUT2D eigenvalue weighted by Crippen LogP contribution is 2.19. The summed E-state index contributed by atoms with van der Waals surface area (Å²) in [6.07, 6.45) is 11.4. The van der Waals surface area contributed by atoms with Gasteiger partial charge in [0.2, 0.25) is 5.91 Å². The molecule has 0 radical (unpaired) electrons. The molecule has 0 aliphatic carbocycles. The van der Waals surface area contributed by atoms with Crippen LogP contribution in [0.15, 0.2) is 60.9 Å². The Morgan fingerprint density at radius 1 is 1.07 bits per heavy atom. The van der Waals surface area contributed by atoms with Gasteiger partial charge in [-0.2, -0.15) is 11.8 Å². The van der Waals surface area contributed by atoms with Crippen LogP contribution < -0.4 is 0 Å². The summed E-state index contributed by atoms with van der Waals surface area (Å²) >= 11 is 1.80. The Labute approximate surface area is 166 Å². The number of benzene rings is 1. The topological polar surface area (TPSA) is 28.5 Å². The predicted octanol–water partition coefficient (Wildman–Crippen LogP) is 3.64. The number of hydrogen-bond donors (Lipinski definition) is 0. The van der Waals surface area contributed by atoms with E-state index >= 15 is 0 Å². The molecule has 1 saturated heterocycles. The molecule has 1 amide bonds. The zero-order valence-corrected chi connectivity index (χ0v) is 16.9. The van der Waals surface area contributed by atoms with Crippen LogP contribution in [0.5, 0.6) is 0 Å². The largest absolute Gasteiger partial charge is 0.342 e. The summed E-state index contributed by atoms with van der Waals surface area (Å²) in [7, 11) is 0. The fourth-order valence-corrected chi connectivity index (χ4v) is 3.91. The maximum Gasteiger partial charge on any atom is 0.245 e. The summed E-state index contributed by atoms with van der Waals surface area (Å²) in [4.78, 5) is 17.5. The number of piperazine rings is 1. The van der Waals surface area contributed by atoms with Gasteiger partial charge in [-0.05, 0) is 36.1 Å². The van der Waals surface area contributed by atoms with Gasteiger partial charge in [-0.1, -0.05) is 42.5 Å². The number of amides is 1. The van der Waals surface area contributed by atoms with E-state index in [0.717, 1.165) is 44.9 Å². The summed E-state index contributed by atoms with van der Waals surface area (Å²) in [6, 6.07) is 14.3. The maximum absolute atomic E-state index is 13.1. The average Bonchev–Trinajstić information content (AvgIpc) is 3.24. The van der Waals surface area contributed by atoms with Crippen molar-refractivity contribution in [1.29, 1.82) is 0 Å². The third-order valence-electron chi connectivity index (χ3n) is 5.03. The van der Waals surface area contributed by atoms with E-state index in [1.807, 2.05) is 35.5 Å². The lowest BCUT2D eigenvalue weighted by Crippen LogP contribution is -2.50. The SMILES string of the molecule is CSCC[C@H](C(=O)N1CCN(C/C=C/c2ccccc2)CC1)n1cccc1. The highest BCUT2D eigenvalue weighted by atomic mass is 32.2. The highest BCUT2D eigenvalue weighted by molar-refractivity contribution is 7.98. The van der Waals surface area contributed by atoms with Crippen LogP contribution in [0.2, 0.25) is 0 Å². The standard InChI is InChI=1S/C22H29N3OS/c1-27-19-11-21(24-13-5-6-14-24)22(26)25-17-15-23(16-18-25)12-7-10-20-8-3-2-4-9-20/h2-10,13-14,21H,11-12,15-19H2,1H3/b10-7+/t21-/m1/s1. The molecular weight excluding hydrogens is 354 g/mol. The summed E-state index contributed by atoms with van der Waals surface area (Å²) < 4.78 is 2.06. The first-order valence-electron chi connectivity index (χ1n) is 9.62. The molecular formula is C22H29N3OS. The lowest BCUT2D eigenvalue weighted by molar-refractivity contribution is -0.136. The zero-order chi connectivity index (χ0) is 18.9. The third kappa shape index (κ3) is 5.75. The van der Waals surface area contributed by atoms with Crippen LogP contribution in [0.25, 0.3) is 6.08 Å². The molecule has 2 aromatic rings. The summed E-state index contributed by atoms with van der Waals surface area (Å²) in [5.74, 6) is 1.26. The Morgan fingerprint density at radius 3 is 2.44 bits per heavy atom. The molecule has 1 atom stereocenters. The van der Waals surface area contributed by atoms with Crippen molar-refractivity contribution in [3.63, 3.8) is 0 Å². The van der Waals surface area contributed by atoms with Crippen molar-refractivity contribution in [2.75, 3.05) is 44.7 Å². The van der Waals surface area contributed by atoms with Crippen LogP contribution >= 0.6 is 11.8 Å². The summed E-state index contributed by atoms with van der Waals surface area (Å²) in [5.41, 5.74) is 1.23. The van der Waals surface area contributed by atoms with E-state index in [2.05, 4.69) is 52.1 Å². The zero-order valence-electron chi connectivity index (χ0n) is 16.0. The van der Waals surface area contributed by atoms with E-state index in [4.69, 9.17) is 0 Å². The molecule has 0 saturated carbocycles. The Bertz CT molecular complexity index is 706. The molecule has 1 aromatic heterocycles. The van der Waals surface area contributed by atoms with E-state index < -0.39 is 0 Å². The fraction of sp³-hybridized carbons (Fsp3) is 0.409. The highest BCUT2D eigenvalue weighted by Gasteiger charge is 2.27. The minimum atomic E-state index is -0.0722. The number of nitrogens with zero attached hydrogens (tertiary/aromatic N) is 3. The van der Waals surface area contributed by atoms with Crippen molar-refractivity contribution in [1.82, 2.24) is 14.4 Å². The maximum atomic E-state index is 13.1. The smallest absolute Gasteiger partial charge is 0.245 e. The van der Waals surface area contributed by atoms with Crippen molar-refractivity contribution in [3.8, 4) is 0 Å². The second-order valence-corrected chi connectivity index (χ2v) is 7.85. The molecule has 27 heavy (non-hydrogen) atoms. The van der Waals surface area contributed by atoms with Crippen LogP contribution in [0.1, 0.15) is 18.0 Å². The molecule has 144 valence electrons. The van der Waals surface area contributed by atoms with Gasteiger partial charge in [-0.25, -0.2) is 0 Å². The monoisotopic (exact) mass is 383 g/mol. The molecule has 4 nitrogen and oxygen atoms in total. The van der Waals surface area contributed by atoms with Gasteiger partial charge < -0.3 is 9.47 Å². The van der Waals surface area contributed by atoms with Crippen molar-refractivity contribution < 1.29 is 4.79 Å². The first-order chi connectivity index (χ1) is 13.3. The second kappa shape index (κ2) is 10.4. The average molecular weight is 384 g/mol. The molecule has 3 rings (SSSR count).